The molecule has 0 radical (unpaired) electrons. The van der Waals surface area contributed by atoms with Gasteiger partial charge in [-0.3, -0.25) is 0 Å². The van der Waals surface area contributed by atoms with Crippen molar-refractivity contribution in [3.05, 3.63) is 156 Å². The first-order chi connectivity index (χ1) is 20.8. The Labute approximate surface area is 242 Å². The molecule has 2 heterocycles. The minimum absolute atomic E-state index is 0.641. The summed E-state index contributed by atoms with van der Waals surface area (Å²) in [4.78, 5) is 7.41. The lowest BCUT2D eigenvalue weighted by molar-refractivity contribution is 1.17. The first kappa shape index (κ1) is 23.8. The standard InChI is InChI=1S/C38H22N4/c1-39-26-20-23-35-31(24-26)29-11-4-7-14-33(29)42(35)37-17-9-16-36-38(37)30-12-5-8-15-34(30)41(36)27-21-18-25(19-22-27)28-10-3-6-13-32(28)40-2/h3-24H. The summed E-state index contributed by atoms with van der Waals surface area (Å²) in [5.74, 6) is 0. The Balaban J connectivity index is 1.41. The van der Waals surface area contributed by atoms with Crippen LogP contribution in [-0.4, -0.2) is 9.13 Å². The van der Waals surface area contributed by atoms with E-state index in [9.17, 15) is 0 Å². The summed E-state index contributed by atoms with van der Waals surface area (Å²) < 4.78 is 4.66. The maximum absolute atomic E-state index is 7.58. The fourth-order valence-corrected chi connectivity index (χ4v) is 6.36. The minimum atomic E-state index is 0.641. The molecule has 0 unspecified atom stereocenters. The molecule has 0 fully saturated rings. The van der Waals surface area contributed by atoms with Crippen LogP contribution in [0.1, 0.15) is 0 Å². The Morgan fingerprint density at radius 3 is 1.93 bits per heavy atom. The van der Waals surface area contributed by atoms with Gasteiger partial charge in [-0.1, -0.05) is 84.9 Å². The molecule has 0 N–H and O–H groups in total. The maximum atomic E-state index is 7.58. The van der Waals surface area contributed by atoms with E-state index < -0.39 is 0 Å². The van der Waals surface area contributed by atoms with E-state index in [4.69, 9.17) is 13.1 Å². The van der Waals surface area contributed by atoms with E-state index in [-0.39, 0.29) is 0 Å². The third-order valence-corrected chi connectivity index (χ3v) is 8.16. The molecule has 42 heavy (non-hydrogen) atoms. The Hall–Kier alpha value is -6.10. The summed E-state index contributed by atoms with van der Waals surface area (Å²) >= 11 is 0. The molecule has 0 aliphatic heterocycles. The van der Waals surface area contributed by atoms with E-state index in [0.29, 0.717) is 11.4 Å². The molecule has 6 aromatic carbocycles. The van der Waals surface area contributed by atoms with E-state index in [0.717, 1.165) is 55.3 Å². The van der Waals surface area contributed by atoms with Crippen molar-refractivity contribution in [3.8, 4) is 22.5 Å². The molecule has 0 saturated heterocycles. The fourth-order valence-electron chi connectivity index (χ4n) is 6.36. The molecule has 0 aliphatic rings. The van der Waals surface area contributed by atoms with Crippen molar-refractivity contribution in [1.82, 2.24) is 9.13 Å². The van der Waals surface area contributed by atoms with Gasteiger partial charge in [0.1, 0.15) is 0 Å². The molecular weight excluding hydrogens is 512 g/mol. The van der Waals surface area contributed by atoms with Gasteiger partial charge in [0.25, 0.3) is 0 Å². The number of fused-ring (bicyclic) bond motifs is 6. The van der Waals surface area contributed by atoms with Gasteiger partial charge in [0.2, 0.25) is 0 Å². The molecule has 0 aliphatic carbocycles. The summed E-state index contributed by atoms with van der Waals surface area (Å²) in [6, 6.07) is 45.7. The monoisotopic (exact) mass is 534 g/mol. The van der Waals surface area contributed by atoms with Gasteiger partial charge in [-0.2, -0.15) is 0 Å². The van der Waals surface area contributed by atoms with Gasteiger partial charge >= 0.3 is 0 Å². The Bertz CT molecular complexity index is 2430. The van der Waals surface area contributed by atoms with Gasteiger partial charge in [-0.05, 0) is 65.0 Å². The predicted octanol–water partition coefficient (Wildman–Crippen LogP) is 10.6. The summed E-state index contributed by atoms with van der Waals surface area (Å²) in [5.41, 5.74) is 9.86. The van der Waals surface area contributed by atoms with Crippen molar-refractivity contribution in [2.24, 2.45) is 0 Å². The summed E-state index contributed by atoms with van der Waals surface area (Å²) in [6.07, 6.45) is 0. The lowest BCUT2D eigenvalue weighted by atomic mass is 10.0. The third-order valence-electron chi connectivity index (χ3n) is 8.16. The molecule has 0 spiro atoms. The number of para-hydroxylation sites is 3. The molecule has 8 rings (SSSR count). The second-order valence-corrected chi connectivity index (χ2v) is 10.4. The van der Waals surface area contributed by atoms with Crippen molar-refractivity contribution in [3.63, 3.8) is 0 Å². The Morgan fingerprint density at radius 1 is 0.476 bits per heavy atom. The van der Waals surface area contributed by atoms with Crippen LogP contribution in [0.15, 0.2) is 133 Å². The van der Waals surface area contributed by atoms with Gasteiger partial charge < -0.3 is 9.13 Å². The van der Waals surface area contributed by atoms with E-state index in [1.165, 1.54) is 10.8 Å². The highest BCUT2D eigenvalue weighted by Gasteiger charge is 2.19. The smallest absolute Gasteiger partial charge is 0.194 e. The minimum Gasteiger partial charge on any atom is -0.309 e. The summed E-state index contributed by atoms with van der Waals surface area (Å²) in [6.45, 7) is 15.1. The van der Waals surface area contributed by atoms with Crippen LogP contribution < -0.4 is 0 Å². The van der Waals surface area contributed by atoms with Crippen LogP contribution in [0.25, 0.3) is 75.8 Å². The third kappa shape index (κ3) is 3.40. The molecular formula is C38H22N4. The van der Waals surface area contributed by atoms with Crippen LogP contribution in [0.2, 0.25) is 0 Å². The van der Waals surface area contributed by atoms with Gasteiger partial charge in [0.05, 0.1) is 40.9 Å². The molecule has 0 bridgehead atoms. The Kier molecular flexibility index (Phi) is 5.22. The highest BCUT2D eigenvalue weighted by Crippen LogP contribution is 2.41. The number of rotatable bonds is 3. The zero-order valence-corrected chi connectivity index (χ0v) is 22.5. The molecule has 0 atom stereocenters. The quantitative estimate of drug-likeness (QED) is 0.201. The molecule has 0 saturated carbocycles. The van der Waals surface area contributed by atoms with E-state index >= 15 is 0 Å². The highest BCUT2D eigenvalue weighted by molar-refractivity contribution is 6.16. The van der Waals surface area contributed by atoms with Crippen LogP contribution in [-0.2, 0) is 0 Å². The molecule has 2 aromatic heterocycles. The van der Waals surface area contributed by atoms with Crippen molar-refractivity contribution in [2.45, 2.75) is 0 Å². The summed E-state index contributed by atoms with van der Waals surface area (Å²) in [5, 5.41) is 4.56. The van der Waals surface area contributed by atoms with E-state index in [2.05, 4.69) is 116 Å². The van der Waals surface area contributed by atoms with Crippen molar-refractivity contribution in [1.29, 1.82) is 0 Å². The second kappa shape index (κ2) is 9.24. The highest BCUT2D eigenvalue weighted by atomic mass is 15.0. The number of aromatic nitrogens is 2. The average Bonchev–Trinajstić information content (AvgIpc) is 3.57. The number of benzene rings is 6. The van der Waals surface area contributed by atoms with Crippen molar-refractivity contribution < 1.29 is 0 Å². The van der Waals surface area contributed by atoms with Crippen LogP contribution in [0.4, 0.5) is 11.4 Å². The van der Waals surface area contributed by atoms with E-state index in [1.807, 2.05) is 36.4 Å². The average molecular weight is 535 g/mol. The van der Waals surface area contributed by atoms with Crippen LogP contribution >= 0.6 is 0 Å². The zero-order valence-electron chi connectivity index (χ0n) is 22.5. The van der Waals surface area contributed by atoms with Crippen LogP contribution in [0.5, 0.6) is 0 Å². The number of hydrogen-bond acceptors (Lipinski definition) is 0. The summed E-state index contributed by atoms with van der Waals surface area (Å²) in [7, 11) is 0. The lowest BCUT2D eigenvalue weighted by Crippen LogP contribution is -1.96. The fraction of sp³-hybridized carbons (Fsp3) is 0. The molecule has 0 amide bonds. The second-order valence-electron chi connectivity index (χ2n) is 10.4. The number of hydrogen-bond donors (Lipinski definition) is 0. The number of nitrogens with zero attached hydrogens (tertiary/aromatic N) is 4. The molecule has 4 nitrogen and oxygen atoms in total. The van der Waals surface area contributed by atoms with Gasteiger partial charge in [-0.15, -0.1) is 0 Å². The topological polar surface area (TPSA) is 18.6 Å². The molecule has 194 valence electrons. The van der Waals surface area contributed by atoms with Gasteiger partial charge in [-0.25, -0.2) is 9.69 Å². The van der Waals surface area contributed by atoms with Crippen LogP contribution in [0.3, 0.4) is 0 Å². The molecule has 8 aromatic rings. The predicted molar refractivity (Wildman–Crippen MR) is 173 cm³/mol. The maximum Gasteiger partial charge on any atom is 0.194 e. The normalized spacial score (nSPS) is 11.3. The SMILES string of the molecule is [C-]#[N+]c1ccc2c(c1)c1ccccc1n2-c1cccc2c1c1ccccc1n2-c1ccc(-c2ccccc2[N+]#[C-])cc1. The largest absolute Gasteiger partial charge is 0.309 e. The Morgan fingerprint density at radius 2 is 1.14 bits per heavy atom. The first-order valence-electron chi connectivity index (χ1n) is 13.8. The zero-order chi connectivity index (χ0) is 28.2. The van der Waals surface area contributed by atoms with E-state index in [1.54, 1.807) is 0 Å². The van der Waals surface area contributed by atoms with Crippen molar-refractivity contribution in [2.75, 3.05) is 0 Å². The first-order valence-corrected chi connectivity index (χ1v) is 13.8. The van der Waals surface area contributed by atoms with Gasteiger partial charge in [0, 0.05) is 21.8 Å². The van der Waals surface area contributed by atoms with Crippen molar-refractivity contribution >= 4 is 55.0 Å². The molecule has 4 heteroatoms. The van der Waals surface area contributed by atoms with Gasteiger partial charge in [0.15, 0.2) is 11.4 Å². The lowest BCUT2D eigenvalue weighted by Gasteiger charge is -2.12. The van der Waals surface area contributed by atoms with Crippen LogP contribution in [0, 0.1) is 13.1 Å².